The van der Waals surface area contributed by atoms with Crippen LogP contribution >= 0.6 is 0 Å². The maximum atomic E-state index is 6.26. The average molecular weight is 272 g/mol. The standard InChI is InChI=1S/C16H24N4/c1-5-7-14-15(17)16(20(4)18-14)19(3)13-10-8-12(6-2)9-11-13/h8-11H,5-7,17H2,1-4H3. The minimum absolute atomic E-state index is 0.788. The third-order valence-electron chi connectivity index (χ3n) is 3.67. The fraction of sp³-hybridized carbons (Fsp3) is 0.438. The van der Waals surface area contributed by atoms with Crippen LogP contribution in [0.25, 0.3) is 0 Å². The summed E-state index contributed by atoms with van der Waals surface area (Å²) in [6.07, 6.45) is 3.02. The van der Waals surface area contributed by atoms with E-state index in [1.54, 1.807) is 0 Å². The number of nitrogens with two attached hydrogens (primary N) is 1. The van der Waals surface area contributed by atoms with Gasteiger partial charge in [0.05, 0.1) is 11.4 Å². The van der Waals surface area contributed by atoms with Crippen LogP contribution in [0.4, 0.5) is 17.2 Å². The van der Waals surface area contributed by atoms with Crippen molar-refractivity contribution >= 4 is 17.2 Å². The highest BCUT2D eigenvalue weighted by Gasteiger charge is 2.17. The van der Waals surface area contributed by atoms with Crippen molar-refractivity contribution in [1.29, 1.82) is 0 Å². The van der Waals surface area contributed by atoms with E-state index in [0.717, 1.165) is 42.1 Å². The highest BCUT2D eigenvalue weighted by Crippen LogP contribution is 2.31. The van der Waals surface area contributed by atoms with Gasteiger partial charge in [-0.25, -0.2) is 0 Å². The zero-order chi connectivity index (χ0) is 14.7. The third kappa shape index (κ3) is 2.64. The first kappa shape index (κ1) is 14.4. The number of rotatable bonds is 5. The Morgan fingerprint density at radius 3 is 2.40 bits per heavy atom. The minimum atomic E-state index is 0.788. The summed E-state index contributed by atoms with van der Waals surface area (Å²) < 4.78 is 1.87. The van der Waals surface area contributed by atoms with Gasteiger partial charge in [0.15, 0.2) is 5.82 Å². The molecule has 0 saturated heterocycles. The molecule has 1 aromatic carbocycles. The first-order chi connectivity index (χ1) is 9.58. The molecule has 0 atom stereocenters. The van der Waals surface area contributed by atoms with Crippen LogP contribution in [0.3, 0.4) is 0 Å². The minimum Gasteiger partial charge on any atom is -0.394 e. The van der Waals surface area contributed by atoms with Gasteiger partial charge >= 0.3 is 0 Å². The van der Waals surface area contributed by atoms with E-state index in [-0.39, 0.29) is 0 Å². The van der Waals surface area contributed by atoms with Crippen molar-refractivity contribution in [2.75, 3.05) is 17.7 Å². The number of anilines is 3. The van der Waals surface area contributed by atoms with Crippen LogP contribution in [0, 0.1) is 0 Å². The lowest BCUT2D eigenvalue weighted by molar-refractivity contribution is 0.730. The summed E-state index contributed by atoms with van der Waals surface area (Å²) >= 11 is 0. The molecule has 0 aliphatic carbocycles. The maximum absolute atomic E-state index is 6.26. The monoisotopic (exact) mass is 272 g/mol. The van der Waals surface area contributed by atoms with Gasteiger partial charge in [-0.15, -0.1) is 0 Å². The molecule has 1 heterocycles. The van der Waals surface area contributed by atoms with Crippen LogP contribution in [0.5, 0.6) is 0 Å². The number of nitrogen functional groups attached to an aromatic ring is 1. The maximum Gasteiger partial charge on any atom is 0.154 e. The van der Waals surface area contributed by atoms with E-state index in [1.807, 2.05) is 18.8 Å². The molecule has 20 heavy (non-hydrogen) atoms. The van der Waals surface area contributed by atoms with Gasteiger partial charge in [0, 0.05) is 19.8 Å². The molecule has 4 heteroatoms. The Hall–Kier alpha value is -1.97. The molecule has 0 saturated carbocycles. The molecular weight excluding hydrogens is 248 g/mol. The van der Waals surface area contributed by atoms with Crippen molar-refractivity contribution in [3.8, 4) is 0 Å². The smallest absolute Gasteiger partial charge is 0.154 e. The normalized spacial score (nSPS) is 10.8. The summed E-state index contributed by atoms with van der Waals surface area (Å²) in [5.74, 6) is 0.956. The van der Waals surface area contributed by atoms with Gasteiger partial charge in [0.2, 0.25) is 0 Å². The molecule has 108 valence electrons. The number of hydrogen-bond acceptors (Lipinski definition) is 3. The van der Waals surface area contributed by atoms with Crippen molar-refractivity contribution in [3.05, 3.63) is 35.5 Å². The van der Waals surface area contributed by atoms with Crippen LogP contribution in [-0.4, -0.2) is 16.8 Å². The van der Waals surface area contributed by atoms with E-state index in [1.165, 1.54) is 5.56 Å². The first-order valence-electron chi connectivity index (χ1n) is 7.22. The summed E-state index contributed by atoms with van der Waals surface area (Å²) in [6, 6.07) is 8.58. The summed E-state index contributed by atoms with van der Waals surface area (Å²) in [4.78, 5) is 2.10. The molecule has 2 aromatic rings. The number of benzene rings is 1. The molecule has 0 unspecified atom stereocenters. The van der Waals surface area contributed by atoms with Crippen molar-refractivity contribution < 1.29 is 0 Å². The van der Waals surface area contributed by atoms with E-state index in [9.17, 15) is 0 Å². The van der Waals surface area contributed by atoms with E-state index in [0.29, 0.717) is 0 Å². The molecule has 0 aliphatic rings. The highest BCUT2D eigenvalue weighted by molar-refractivity contribution is 5.73. The second kappa shape index (κ2) is 5.99. The first-order valence-corrected chi connectivity index (χ1v) is 7.22. The number of aryl methyl sites for hydroxylation is 3. The van der Waals surface area contributed by atoms with E-state index in [4.69, 9.17) is 5.73 Å². The largest absolute Gasteiger partial charge is 0.394 e. The van der Waals surface area contributed by atoms with Gasteiger partial charge in [-0.05, 0) is 30.5 Å². The Morgan fingerprint density at radius 1 is 1.20 bits per heavy atom. The fourth-order valence-electron chi connectivity index (χ4n) is 2.48. The molecule has 0 aliphatic heterocycles. The van der Waals surface area contributed by atoms with Gasteiger partial charge in [0.1, 0.15) is 0 Å². The van der Waals surface area contributed by atoms with E-state index >= 15 is 0 Å². The van der Waals surface area contributed by atoms with Crippen LogP contribution < -0.4 is 10.6 Å². The molecule has 0 bridgehead atoms. The summed E-state index contributed by atoms with van der Waals surface area (Å²) in [5, 5.41) is 4.53. The zero-order valence-electron chi connectivity index (χ0n) is 12.8. The summed E-state index contributed by atoms with van der Waals surface area (Å²) in [5.41, 5.74) is 10.5. The predicted molar refractivity (Wildman–Crippen MR) is 85.5 cm³/mol. The zero-order valence-corrected chi connectivity index (χ0v) is 12.8. The SMILES string of the molecule is CCCc1nn(C)c(N(C)c2ccc(CC)cc2)c1N. The Morgan fingerprint density at radius 2 is 1.85 bits per heavy atom. The Labute approximate surface area is 121 Å². The van der Waals surface area contributed by atoms with Crippen molar-refractivity contribution in [2.45, 2.75) is 33.1 Å². The topological polar surface area (TPSA) is 47.1 Å². The molecule has 0 amide bonds. The van der Waals surface area contributed by atoms with Crippen LogP contribution in [0.2, 0.25) is 0 Å². The van der Waals surface area contributed by atoms with Crippen LogP contribution in [0.15, 0.2) is 24.3 Å². The molecule has 1 aromatic heterocycles. The molecule has 0 fully saturated rings. The second-order valence-corrected chi connectivity index (χ2v) is 5.14. The summed E-state index contributed by atoms with van der Waals surface area (Å²) in [6.45, 7) is 4.30. The van der Waals surface area contributed by atoms with Gasteiger partial charge < -0.3 is 10.6 Å². The van der Waals surface area contributed by atoms with Gasteiger partial charge in [-0.1, -0.05) is 32.4 Å². The Kier molecular flexibility index (Phi) is 4.32. The number of aromatic nitrogens is 2. The van der Waals surface area contributed by atoms with Crippen molar-refractivity contribution in [3.63, 3.8) is 0 Å². The Bertz CT molecular complexity index is 569. The van der Waals surface area contributed by atoms with Gasteiger partial charge in [-0.3, -0.25) is 4.68 Å². The molecule has 0 spiro atoms. The van der Waals surface area contributed by atoms with Crippen LogP contribution in [-0.2, 0) is 19.9 Å². The molecule has 4 nitrogen and oxygen atoms in total. The lowest BCUT2D eigenvalue weighted by atomic mass is 10.1. The molecule has 2 rings (SSSR count). The summed E-state index contributed by atoms with van der Waals surface area (Å²) in [7, 11) is 3.98. The van der Waals surface area contributed by atoms with Gasteiger partial charge in [0.25, 0.3) is 0 Å². The number of nitrogens with zero attached hydrogens (tertiary/aromatic N) is 3. The third-order valence-corrected chi connectivity index (χ3v) is 3.67. The second-order valence-electron chi connectivity index (χ2n) is 5.14. The van der Waals surface area contributed by atoms with Crippen molar-refractivity contribution in [2.24, 2.45) is 7.05 Å². The lowest BCUT2D eigenvalue weighted by Crippen LogP contribution is -2.15. The predicted octanol–water partition coefficient (Wildman–Crippen LogP) is 3.29. The van der Waals surface area contributed by atoms with E-state index < -0.39 is 0 Å². The fourth-order valence-corrected chi connectivity index (χ4v) is 2.48. The average Bonchev–Trinajstić information content (AvgIpc) is 2.73. The Balaban J connectivity index is 2.34. The van der Waals surface area contributed by atoms with Gasteiger partial charge in [-0.2, -0.15) is 5.10 Å². The molecule has 2 N–H and O–H groups in total. The highest BCUT2D eigenvalue weighted by atomic mass is 15.4. The number of hydrogen-bond donors (Lipinski definition) is 1. The van der Waals surface area contributed by atoms with E-state index in [2.05, 4.69) is 48.1 Å². The van der Waals surface area contributed by atoms with Crippen LogP contribution in [0.1, 0.15) is 31.5 Å². The quantitative estimate of drug-likeness (QED) is 0.908. The molecular formula is C16H24N4. The lowest BCUT2D eigenvalue weighted by Gasteiger charge is -2.20. The van der Waals surface area contributed by atoms with Crippen molar-refractivity contribution in [1.82, 2.24) is 9.78 Å². The molecule has 0 radical (unpaired) electrons.